The molecule has 34 heavy (non-hydrogen) atoms. The van der Waals surface area contributed by atoms with Crippen molar-refractivity contribution in [3.63, 3.8) is 0 Å². The fourth-order valence-electron chi connectivity index (χ4n) is 4.06. The molecule has 180 valence electrons. The second-order valence-electron chi connectivity index (χ2n) is 7.87. The lowest BCUT2D eigenvalue weighted by molar-refractivity contribution is -0.149. The number of carbonyl (C=O) groups is 2. The number of hydrogen-bond donors (Lipinski definition) is 2. The molecule has 1 unspecified atom stereocenters. The number of amidine groups is 1. The number of benzene rings is 1. The number of aromatic nitrogens is 1. The van der Waals surface area contributed by atoms with Gasteiger partial charge >= 0.3 is 11.9 Å². The van der Waals surface area contributed by atoms with Crippen molar-refractivity contribution in [3.8, 4) is 0 Å². The predicted molar refractivity (Wildman–Crippen MR) is 118 cm³/mol. The summed E-state index contributed by atoms with van der Waals surface area (Å²) in [5.41, 5.74) is -0.880. The van der Waals surface area contributed by atoms with Gasteiger partial charge in [-0.05, 0) is 24.6 Å². The van der Waals surface area contributed by atoms with E-state index in [1.165, 1.54) is 24.5 Å². The number of nitrogens with zero attached hydrogens (tertiary/aromatic N) is 3. The molecule has 12 heteroatoms. The monoisotopic (exact) mass is 492 g/mol. The van der Waals surface area contributed by atoms with Gasteiger partial charge in [0.15, 0.2) is 22.5 Å². The van der Waals surface area contributed by atoms with Crippen LogP contribution in [0.1, 0.15) is 17.5 Å². The lowest BCUT2D eigenvalue weighted by atomic mass is 9.82. The van der Waals surface area contributed by atoms with E-state index < -0.39 is 35.2 Å². The Bertz CT molecular complexity index is 1170. The predicted octanol–water partition coefficient (Wildman–Crippen LogP) is 1.90. The molecule has 3 heterocycles. The number of aliphatic imine (C=N–C) groups is 1. The molecular formula is C22H22F2N4O5S. The molecule has 1 aromatic heterocycles. The van der Waals surface area contributed by atoms with Gasteiger partial charge in [0.25, 0.3) is 0 Å². The van der Waals surface area contributed by atoms with Crippen molar-refractivity contribution >= 4 is 29.1 Å². The Balaban J connectivity index is 1.88. The maximum absolute atomic E-state index is 14.2. The average Bonchev–Trinajstić information content (AvgIpc) is 3.35. The molecule has 1 fully saturated rings. The van der Waals surface area contributed by atoms with Gasteiger partial charge in [-0.15, -0.1) is 11.3 Å². The van der Waals surface area contributed by atoms with Crippen LogP contribution in [0, 0.1) is 11.6 Å². The maximum atomic E-state index is 14.2. The van der Waals surface area contributed by atoms with Crippen LogP contribution in [-0.4, -0.2) is 72.2 Å². The van der Waals surface area contributed by atoms with Gasteiger partial charge in [0.05, 0.1) is 25.9 Å². The van der Waals surface area contributed by atoms with Crippen LogP contribution in [0.3, 0.4) is 0 Å². The zero-order valence-corrected chi connectivity index (χ0v) is 19.2. The highest BCUT2D eigenvalue weighted by molar-refractivity contribution is 7.11. The molecule has 1 aromatic carbocycles. The lowest BCUT2D eigenvalue weighted by Gasteiger charge is -2.38. The van der Waals surface area contributed by atoms with Crippen LogP contribution in [-0.2, 0) is 24.6 Å². The molecular weight excluding hydrogens is 470 g/mol. The Kier molecular flexibility index (Phi) is 6.73. The van der Waals surface area contributed by atoms with Gasteiger partial charge in [-0.25, -0.2) is 23.6 Å². The third kappa shape index (κ3) is 4.43. The number of morpholine rings is 1. The second kappa shape index (κ2) is 9.57. The first-order valence-corrected chi connectivity index (χ1v) is 11.2. The molecule has 1 saturated heterocycles. The maximum Gasteiger partial charge on any atom is 0.338 e. The van der Waals surface area contributed by atoms with Gasteiger partial charge in [0.2, 0.25) is 0 Å². The zero-order chi connectivity index (χ0) is 24.5. The van der Waals surface area contributed by atoms with E-state index in [0.29, 0.717) is 29.7 Å². The van der Waals surface area contributed by atoms with Crippen LogP contribution in [0.5, 0.6) is 0 Å². The number of aliphatic carboxylic acids is 1. The van der Waals surface area contributed by atoms with Gasteiger partial charge in [-0.1, -0.05) is 6.07 Å². The molecule has 4 rings (SSSR count). The summed E-state index contributed by atoms with van der Waals surface area (Å²) in [4.78, 5) is 35.4. The number of carboxylic acids is 1. The van der Waals surface area contributed by atoms with Crippen LogP contribution in [0.4, 0.5) is 8.78 Å². The lowest BCUT2D eigenvalue weighted by Crippen LogP contribution is -2.53. The summed E-state index contributed by atoms with van der Waals surface area (Å²) in [6.45, 7) is 2.23. The number of rotatable bonds is 6. The summed E-state index contributed by atoms with van der Waals surface area (Å²) in [5.74, 6) is -3.62. The van der Waals surface area contributed by atoms with Gasteiger partial charge in [-0.3, -0.25) is 9.69 Å². The summed E-state index contributed by atoms with van der Waals surface area (Å²) < 4.78 is 38.3. The Morgan fingerprint density at radius 3 is 2.82 bits per heavy atom. The molecule has 9 nitrogen and oxygen atoms in total. The number of nitrogens with one attached hydrogen (secondary N) is 1. The summed E-state index contributed by atoms with van der Waals surface area (Å²) in [5, 5.41) is 15.0. The second-order valence-corrected chi connectivity index (χ2v) is 8.76. The van der Waals surface area contributed by atoms with E-state index in [0.717, 1.165) is 12.1 Å². The standard InChI is InChI=1S/C22H22F2N4O5S/c1-22(12-3-4-13(23)14(24)9-12)17(21(31)32-2)15(26-18(27-22)19-25-5-8-34-19)10-28-6-7-33-11-16(28)20(29)30/h3-5,8-9,16H,6-7,10-11H2,1-2H3,(H,26,27)(H,29,30)/t16?,22-/m0/s1. The number of ether oxygens (including phenoxy) is 2. The minimum absolute atomic E-state index is 0.00988. The quantitative estimate of drug-likeness (QED) is 0.588. The van der Waals surface area contributed by atoms with Crippen molar-refractivity contribution in [2.24, 2.45) is 4.99 Å². The summed E-state index contributed by atoms with van der Waals surface area (Å²) in [6, 6.07) is 2.37. The van der Waals surface area contributed by atoms with Crippen molar-refractivity contribution in [2.75, 3.05) is 33.4 Å². The van der Waals surface area contributed by atoms with Gasteiger partial charge in [0, 0.05) is 30.4 Å². The molecule has 2 aliphatic rings. The van der Waals surface area contributed by atoms with E-state index in [-0.39, 0.29) is 24.3 Å². The molecule has 0 bridgehead atoms. The van der Waals surface area contributed by atoms with Crippen LogP contribution in [0.15, 0.2) is 46.0 Å². The SMILES string of the molecule is COC(=O)C1=C(CN2CCOCC2C(=O)O)NC(c2nccs2)=N[C@@]1(C)c1ccc(F)c(F)c1. The first-order valence-electron chi connectivity index (χ1n) is 10.3. The third-order valence-electron chi connectivity index (χ3n) is 5.79. The van der Waals surface area contributed by atoms with Crippen molar-refractivity contribution in [1.29, 1.82) is 0 Å². The van der Waals surface area contributed by atoms with Crippen LogP contribution in [0.25, 0.3) is 0 Å². The van der Waals surface area contributed by atoms with E-state index in [4.69, 9.17) is 14.5 Å². The molecule has 0 aliphatic carbocycles. The molecule has 2 aromatic rings. The fourth-order valence-corrected chi connectivity index (χ4v) is 4.64. The molecule has 2 atom stereocenters. The average molecular weight is 493 g/mol. The van der Waals surface area contributed by atoms with E-state index in [2.05, 4.69) is 10.3 Å². The summed E-state index contributed by atoms with van der Waals surface area (Å²) in [6.07, 6.45) is 1.58. The fraction of sp³-hybridized carbons (Fsp3) is 0.364. The largest absolute Gasteiger partial charge is 0.480 e. The molecule has 0 amide bonds. The van der Waals surface area contributed by atoms with Crippen LogP contribution < -0.4 is 5.32 Å². The molecule has 0 spiro atoms. The highest BCUT2D eigenvalue weighted by Crippen LogP contribution is 2.39. The highest BCUT2D eigenvalue weighted by Gasteiger charge is 2.44. The Labute approximate surface area is 197 Å². The van der Waals surface area contributed by atoms with E-state index in [1.54, 1.807) is 23.4 Å². The third-order valence-corrected chi connectivity index (χ3v) is 6.56. The number of carbonyl (C=O) groups excluding carboxylic acids is 1. The Morgan fingerprint density at radius 1 is 1.38 bits per heavy atom. The smallest absolute Gasteiger partial charge is 0.338 e. The Hall–Kier alpha value is -3.22. The first kappa shape index (κ1) is 23.9. The van der Waals surface area contributed by atoms with E-state index in [9.17, 15) is 23.5 Å². The molecule has 0 radical (unpaired) electrons. The number of hydrogen-bond acceptors (Lipinski definition) is 9. The van der Waals surface area contributed by atoms with Crippen molar-refractivity contribution in [2.45, 2.75) is 18.5 Å². The summed E-state index contributed by atoms with van der Waals surface area (Å²) >= 11 is 1.29. The van der Waals surface area contributed by atoms with Crippen molar-refractivity contribution in [3.05, 3.63) is 63.3 Å². The van der Waals surface area contributed by atoms with Crippen LogP contribution in [0.2, 0.25) is 0 Å². The number of halogens is 2. The van der Waals surface area contributed by atoms with Crippen molar-refractivity contribution < 1.29 is 33.0 Å². The Morgan fingerprint density at radius 2 is 2.18 bits per heavy atom. The molecule has 0 saturated carbocycles. The highest BCUT2D eigenvalue weighted by atomic mass is 32.1. The van der Waals surface area contributed by atoms with E-state index >= 15 is 0 Å². The number of carboxylic acid groups (broad SMARTS) is 1. The van der Waals surface area contributed by atoms with Gasteiger partial charge in [0.1, 0.15) is 11.6 Å². The minimum atomic E-state index is -1.48. The number of esters is 1. The summed E-state index contributed by atoms with van der Waals surface area (Å²) in [7, 11) is 1.20. The molecule has 2 aliphatic heterocycles. The normalized spacial score (nSPS) is 23.3. The molecule has 2 N–H and O–H groups in total. The van der Waals surface area contributed by atoms with Crippen LogP contribution >= 0.6 is 11.3 Å². The van der Waals surface area contributed by atoms with Gasteiger partial charge in [-0.2, -0.15) is 0 Å². The first-order chi connectivity index (χ1) is 16.2. The van der Waals surface area contributed by atoms with Gasteiger partial charge < -0.3 is 19.9 Å². The number of methoxy groups -OCH3 is 1. The zero-order valence-electron chi connectivity index (χ0n) is 18.4. The number of thiazole rings is 1. The topological polar surface area (TPSA) is 113 Å². The van der Waals surface area contributed by atoms with Crippen molar-refractivity contribution in [1.82, 2.24) is 15.2 Å². The minimum Gasteiger partial charge on any atom is -0.480 e. The van der Waals surface area contributed by atoms with E-state index in [1.807, 2.05) is 0 Å².